The Bertz CT molecular complexity index is 1150. The van der Waals surface area contributed by atoms with Crippen molar-refractivity contribution in [2.45, 2.75) is 6.42 Å². The summed E-state index contributed by atoms with van der Waals surface area (Å²) in [5.41, 5.74) is 9.84. The molecule has 1 amide bonds. The summed E-state index contributed by atoms with van der Waals surface area (Å²) in [6.45, 7) is 0. The third kappa shape index (κ3) is 4.00. The number of nitrogens with zero attached hydrogens (tertiary/aromatic N) is 3. The molecular weight excluding hydrogens is 378 g/mol. The standard InChI is InChI=1S/C23H21N5O2/c1-30-20-10-6-5-9-19(20)28-22(24)21(26-27-28)23(29)25-18-13-11-17(12-14-18)15-16-7-3-2-4-8-16/h2-14H,15,24H2,1H3,(H,25,29). The SMILES string of the molecule is COc1ccccc1-n1nnc(C(=O)Nc2ccc(Cc3ccccc3)cc2)c1N. The normalized spacial score (nSPS) is 10.6. The molecular formula is C23H21N5O2. The Kier molecular flexibility index (Phi) is 5.43. The molecule has 3 aromatic carbocycles. The van der Waals surface area contributed by atoms with Crippen LogP contribution in [-0.2, 0) is 6.42 Å². The smallest absolute Gasteiger partial charge is 0.280 e. The van der Waals surface area contributed by atoms with Crippen LogP contribution in [0.2, 0.25) is 0 Å². The molecule has 1 heterocycles. The predicted molar refractivity (Wildman–Crippen MR) is 116 cm³/mol. The third-order valence-electron chi connectivity index (χ3n) is 4.70. The van der Waals surface area contributed by atoms with Gasteiger partial charge in [-0.1, -0.05) is 59.8 Å². The molecule has 0 aliphatic carbocycles. The number of hydrogen-bond donors (Lipinski definition) is 2. The van der Waals surface area contributed by atoms with Crippen LogP contribution in [0.15, 0.2) is 78.9 Å². The first kappa shape index (κ1) is 19.2. The monoisotopic (exact) mass is 399 g/mol. The van der Waals surface area contributed by atoms with Gasteiger partial charge in [0, 0.05) is 5.69 Å². The highest BCUT2D eigenvalue weighted by Gasteiger charge is 2.20. The maximum Gasteiger partial charge on any atom is 0.280 e. The Morgan fingerprint density at radius 2 is 1.63 bits per heavy atom. The maximum absolute atomic E-state index is 12.7. The van der Waals surface area contributed by atoms with E-state index in [-0.39, 0.29) is 11.5 Å². The molecule has 1 aromatic heterocycles. The molecule has 0 aliphatic rings. The molecule has 7 nitrogen and oxygen atoms in total. The number of para-hydroxylation sites is 2. The fraction of sp³-hybridized carbons (Fsp3) is 0.0870. The molecule has 0 fully saturated rings. The van der Waals surface area contributed by atoms with Gasteiger partial charge in [0.15, 0.2) is 11.5 Å². The van der Waals surface area contributed by atoms with Crippen LogP contribution in [0.3, 0.4) is 0 Å². The van der Waals surface area contributed by atoms with Gasteiger partial charge in [-0.05, 0) is 41.8 Å². The molecule has 0 radical (unpaired) electrons. The van der Waals surface area contributed by atoms with Crippen LogP contribution < -0.4 is 15.8 Å². The number of anilines is 2. The van der Waals surface area contributed by atoms with Crippen LogP contribution in [0.4, 0.5) is 11.5 Å². The van der Waals surface area contributed by atoms with E-state index in [1.165, 1.54) is 10.2 Å². The summed E-state index contributed by atoms with van der Waals surface area (Å²) in [6, 6.07) is 25.1. The lowest BCUT2D eigenvalue weighted by atomic mass is 10.0. The van der Waals surface area contributed by atoms with Crippen molar-refractivity contribution in [2.24, 2.45) is 0 Å². The molecule has 0 saturated carbocycles. The van der Waals surface area contributed by atoms with Crippen LogP contribution >= 0.6 is 0 Å². The quantitative estimate of drug-likeness (QED) is 0.515. The average molecular weight is 399 g/mol. The summed E-state index contributed by atoms with van der Waals surface area (Å²) in [7, 11) is 1.56. The number of nitrogens with one attached hydrogen (secondary N) is 1. The van der Waals surface area contributed by atoms with Crippen molar-refractivity contribution in [1.29, 1.82) is 0 Å². The van der Waals surface area contributed by atoms with Crippen molar-refractivity contribution in [3.63, 3.8) is 0 Å². The average Bonchev–Trinajstić information content (AvgIpc) is 3.17. The minimum absolute atomic E-state index is 0.0502. The van der Waals surface area contributed by atoms with Crippen molar-refractivity contribution < 1.29 is 9.53 Å². The molecule has 30 heavy (non-hydrogen) atoms. The summed E-state index contributed by atoms with van der Waals surface area (Å²) < 4.78 is 6.71. The highest BCUT2D eigenvalue weighted by molar-refractivity contribution is 6.05. The summed E-state index contributed by atoms with van der Waals surface area (Å²) >= 11 is 0. The van der Waals surface area contributed by atoms with Gasteiger partial charge in [-0.25, -0.2) is 0 Å². The van der Waals surface area contributed by atoms with E-state index in [1.54, 1.807) is 19.2 Å². The van der Waals surface area contributed by atoms with Crippen molar-refractivity contribution in [2.75, 3.05) is 18.2 Å². The maximum atomic E-state index is 12.7. The summed E-state index contributed by atoms with van der Waals surface area (Å²) in [4.78, 5) is 12.7. The van der Waals surface area contributed by atoms with Gasteiger partial charge in [0.1, 0.15) is 11.4 Å². The zero-order chi connectivity index (χ0) is 20.9. The zero-order valence-electron chi connectivity index (χ0n) is 16.4. The van der Waals surface area contributed by atoms with Gasteiger partial charge in [0.2, 0.25) is 0 Å². The Morgan fingerprint density at radius 1 is 0.967 bits per heavy atom. The first-order valence-corrected chi connectivity index (χ1v) is 9.44. The number of carbonyl (C=O) groups excluding carboxylic acids is 1. The lowest BCUT2D eigenvalue weighted by Crippen LogP contribution is -2.15. The second kappa shape index (κ2) is 8.48. The number of rotatable bonds is 6. The number of nitrogens with two attached hydrogens (primary N) is 1. The van der Waals surface area contributed by atoms with E-state index in [9.17, 15) is 4.79 Å². The largest absolute Gasteiger partial charge is 0.494 e. The number of benzene rings is 3. The highest BCUT2D eigenvalue weighted by atomic mass is 16.5. The number of nitrogen functional groups attached to an aromatic ring is 1. The van der Waals surface area contributed by atoms with Crippen LogP contribution in [0.25, 0.3) is 5.69 Å². The molecule has 0 bridgehead atoms. The van der Waals surface area contributed by atoms with E-state index in [2.05, 4.69) is 27.8 Å². The second-order valence-electron chi connectivity index (χ2n) is 6.72. The molecule has 0 aliphatic heterocycles. The topological polar surface area (TPSA) is 95.1 Å². The number of ether oxygens (including phenoxy) is 1. The van der Waals surface area contributed by atoms with E-state index < -0.39 is 5.91 Å². The van der Waals surface area contributed by atoms with Crippen LogP contribution in [-0.4, -0.2) is 28.0 Å². The van der Waals surface area contributed by atoms with Gasteiger partial charge in [-0.2, -0.15) is 4.68 Å². The fourth-order valence-corrected chi connectivity index (χ4v) is 3.16. The minimum atomic E-state index is -0.426. The van der Waals surface area contributed by atoms with Gasteiger partial charge in [-0.15, -0.1) is 5.10 Å². The summed E-state index contributed by atoms with van der Waals surface area (Å²) in [6.07, 6.45) is 0.829. The van der Waals surface area contributed by atoms with Crippen molar-refractivity contribution in [3.05, 3.63) is 95.7 Å². The van der Waals surface area contributed by atoms with Crippen LogP contribution in [0.1, 0.15) is 21.6 Å². The van der Waals surface area contributed by atoms with E-state index in [0.29, 0.717) is 17.1 Å². The Labute approximate surface area is 174 Å². The molecule has 4 aromatic rings. The van der Waals surface area contributed by atoms with Crippen LogP contribution in [0, 0.1) is 0 Å². The van der Waals surface area contributed by atoms with Crippen LogP contribution in [0.5, 0.6) is 5.75 Å². The first-order chi connectivity index (χ1) is 14.7. The molecule has 0 spiro atoms. The number of hydrogen-bond acceptors (Lipinski definition) is 5. The third-order valence-corrected chi connectivity index (χ3v) is 4.70. The van der Waals surface area contributed by atoms with Crippen molar-refractivity contribution in [1.82, 2.24) is 15.0 Å². The lowest BCUT2D eigenvalue weighted by Gasteiger charge is -2.09. The molecule has 7 heteroatoms. The van der Waals surface area contributed by atoms with E-state index in [1.807, 2.05) is 54.6 Å². The number of amides is 1. The van der Waals surface area contributed by atoms with Crippen molar-refractivity contribution >= 4 is 17.4 Å². The van der Waals surface area contributed by atoms with Gasteiger partial charge in [-0.3, -0.25) is 4.79 Å². The van der Waals surface area contributed by atoms with Gasteiger partial charge in [0.25, 0.3) is 5.91 Å². The Balaban J connectivity index is 1.49. The fourth-order valence-electron chi connectivity index (χ4n) is 3.16. The molecule has 0 unspecified atom stereocenters. The summed E-state index contributed by atoms with van der Waals surface area (Å²) in [5.74, 6) is 0.289. The van der Waals surface area contributed by atoms with Crippen molar-refractivity contribution in [3.8, 4) is 11.4 Å². The van der Waals surface area contributed by atoms with Gasteiger partial charge in [0.05, 0.1) is 7.11 Å². The predicted octanol–water partition coefficient (Wildman–Crippen LogP) is 3.70. The van der Waals surface area contributed by atoms with E-state index in [4.69, 9.17) is 10.5 Å². The van der Waals surface area contributed by atoms with E-state index >= 15 is 0 Å². The number of methoxy groups -OCH3 is 1. The summed E-state index contributed by atoms with van der Waals surface area (Å²) in [5, 5.41) is 10.8. The molecule has 0 saturated heterocycles. The van der Waals surface area contributed by atoms with E-state index in [0.717, 1.165) is 12.0 Å². The number of aromatic nitrogens is 3. The molecule has 3 N–H and O–H groups in total. The molecule has 150 valence electrons. The lowest BCUT2D eigenvalue weighted by molar-refractivity contribution is 0.102. The minimum Gasteiger partial charge on any atom is -0.494 e. The first-order valence-electron chi connectivity index (χ1n) is 9.44. The number of carbonyl (C=O) groups is 1. The Hall–Kier alpha value is -4.13. The Morgan fingerprint density at radius 3 is 2.37 bits per heavy atom. The molecule has 4 rings (SSSR count). The zero-order valence-corrected chi connectivity index (χ0v) is 16.4. The molecule has 0 atom stereocenters. The van der Waals surface area contributed by atoms with Gasteiger partial charge < -0.3 is 15.8 Å². The second-order valence-corrected chi connectivity index (χ2v) is 6.72. The highest BCUT2D eigenvalue weighted by Crippen LogP contribution is 2.25. The van der Waals surface area contributed by atoms with Gasteiger partial charge >= 0.3 is 0 Å².